The minimum absolute atomic E-state index is 0.0361. The lowest BCUT2D eigenvalue weighted by atomic mass is 9.71. The maximum Gasteiger partial charge on any atom is 0.310 e. The third-order valence-electron chi connectivity index (χ3n) is 3.11. The summed E-state index contributed by atoms with van der Waals surface area (Å²) >= 11 is 3.43. The first-order valence-electron chi connectivity index (χ1n) is 6.21. The number of nitrogens with zero attached hydrogens (tertiary/aromatic N) is 1. The Kier molecular flexibility index (Phi) is 3.76. The standard InChI is InChI=1S/C14H18BrNO2/c1-14(2,3)18-13(17)11-5-4-10(11)12-8-9(15)6-7-16-12/h6-8,10-11H,4-5H2,1-3H3. The van der Waals surface area contributed by atoms with Crippen LogP contribution in [0.3, 0.4) is 0 Å². The van der Waals surface area contributed by atoms with Crippen molar-refractivity contribution in [2.75, 3.05) is 0 Å². The maximum absolute atomic E-state index is 12.0. The van der Waals surface area contributed by atoms with Crippen LogP contribution in [0.15, 0.2) is 22.8 Å². The highest BCUT2D eigenvalue weighted by atomic mass is 79.9. The highest BCUT2D eigenvalue weighted by molar-refractivity contribution is 9.10. The van der Waals surface area contributed by atoms with Gasteiger partial charge in [0.25, 0.3) is 0 Å². The molecule has 18 heavy (non-hydrogen) atoms. The summed E-state index contributed by atoms with van der Waals surface area (Å²) in [6, 6.07) is 3.88. The Morgan fingerprint density at radius 3 is 2.67 bits per heavy atom. The zero-order chi connectivity index (χ0) is 13.3. The molecular formula is C14H18BrNO2. The van der Waals surface area contributed by atoms with Crippen LogP contribution in [0.4, 0.5) is 0 Å². The molecule has 1 aliphatic rings. The van der Waals surface area contributed by atoms with Crippen LogP contribution in [0.1, 0.15) is 45.2 Å². The van der Waals surface area contributed by atoms with Crippen LogP contribution >= 0.6 is 15.9 Å². The number of rotatable bonds is 2. The molecule has 0 N–H and O–H groups in total. The van der Waals surface area contributed by atoms with Crippen LogP contribution in [0.2, 0.25) is 0 Å². The van der Waals surface area contributed by atoms with Crippen LogP contribution < -0.4 is 0 Å². The summed E-state index contributed by atoms with van der Waals surface area (Å²) < 4.78 is 6.45. The smallest absolute Gasteiger partial charge is 0.310 e. The van der Waals surface area contributed by atoms with E-state index in [1.165, 1.54) is 0 Å². The maximum atomic E-state index is 12.0. The monoisotopic (exact) mass is 311 g/mol. The van der Waals surface area contributed by atoms with Crippen molar-refractivity contribution in [2.24, 2.45) is 5.92 Å². The van der Waals surface area contributed by atoms with Gasteiger partial charge in [0, 0.05) is 22.3 Å². The van der Waals surface area contributed by atoms with Gasteiger partial charge in [-0.1, -0.05) is 15.9 Å². The number of ether oxygens (including phenoxy) is 1. The molecule has 1 fully saturated rings. The number of pyridine rings is 1. The van der Waals surface area contributed by atoms with Crippen molar-refractivity contribution < 1.29 is 9.53 Å². The first kappa shape index (κ1) is 13.5. The summed E-state index contributed by atoms with van der Waals surface area (Å²) in [6.07, 6.45) is 3.67. The highest BCUT2D eigenvalue weighted by Gasteiger charge is 2.40. The van der Waals surface area contributed by atoms with E-state index >= 15 is 0 Å². The zero-order valence-electron chi connectivity index (χ0n) is 10.9. The number of hydrogen-bond donors (Lipinski definition) is 0. The lowest BCUT2D eigenvalue weighted by molar-refractivity contribution is -0.164. The Bertz CT molecular complexity index is 453. The quantitative estimate of drug-likeness (QED) is 0.782. The van der Waals surface area contributed by atoms with Crippen molar-refractivity contribution in [1.82, 2.24) is 4.98 Å². The molecular weight excluding hydrogens is 294 g/mol. The molecule has 0 radical (unpaired) electrons. The van der Waals surface area contributed by atoms with E-state index in [2.05, 4.69) is 20.9 Å². The van der Waals surface area contributed by atoms with Crippen LogP contribution in [-0.2, 0) is 9.53 Å². The van der Waals surface area contributed by atoms with E-state index in [1.807, 2.05) is 32.9 Å². The second-order valence-corrected chi connectivity index (χ2v) is 6.64. The van der Waals surface area contributed by atoms with Gasteiger partial charge < -0.3 is 4.74 Å². The van der Waals surface area contributed by atoms with E-state index in [-0.39, 0.29) is 17.8 Å². The largest absolute Gasteiger partial charge is 0.460 e. The number of aromatic nitrogens is 1. The topological polar surface area (TPSA) is 39.2 Å². The van der Waals surface area contributed by atoms with Gasteiger partial charge in [-0.2, -0.15) is 0 Å². The van der Waals surface area contributed by atoms with Crippen LogP contribution in [-0.4, -0.2) is 16.6 Å². The molecule has 2 rings (SSSR count). The van der Waals surface area contributed by atoms with Gasteiger partial charge >= 0.3 is 5.97 Å². The summed E-state index contributed by atoms with van der Waals surface area (Å²) in [5.74, 6) is 0.0731. The SMILES string of the molecule is CC(C)(C)OC(=O)C1CCC1c1cc(Br)ccn1. The second kappa shape index (κ2) is 5.00. The zero-order valence-corrected chi connectivity index (χ0v) is 12.5. The Labute approximate surface area is 116 Å². The molecule has 0 saturated heterocycles. The van der Waals surface area contributed by atoms with Gasteiger partial charge in [-0.3, -0.25) is 9.78 Å². The molecule has 2 unspecified atom stereocenters. The summed E-state index contributed by atoms with van der Waals surface area (Å²) in [6.45, 7) is 5.70. The van der Waals surface area contributed by atoms with Crippen molar-refractivity contribution in [3.8, 4) is 0 Å². The molecule has 3 nitrogen and oxygen atoms in total. The fourth-order valence-electron chi connectivity index (χ4n) is 2.14. The van der Waals surface area contributed by atoms with Crippen LogP contribution in [0, 0.1) is 5.92 Å². The number of hydrogen-bond acceptors (Lipinski definition) is 3. The van der Waals surface area contributed by atoms with Crippen molar-refractivity contribution >= 4 is 21.9 Å². The lowest BCUT2D eigenvalue weighted by Gasteiger charge is -2.36. The average molecular weight is 312 g/mol. The van der Waals surface area contributed by atoms with Gasteiger partial charge in [-0.25, -0.2) is 0 Å². The number of carbonyl (C=O) groups is 1. The molecule has 4 heteroatoms. The normalized spacial score (nSPS) is 23.3. The van der Waals surface area contributed by atoms with E-state index in [4.69, 9.17) is 4.74 Å². The Morgan fingerprint density at radius 2 is 2.17 bits per heavy atom. The third-order valence-corrected chi connectivity index (χ3v) is 3.60. The Hall–Kier alpha value is -0.900. The van der Waals surface area contributed by atoms with Crippen molar-refractivity contribution in [2.45, 2.75) is 45.1 Å². The summed E-state index contributed by atoms with van der Waals surface area (Å²) in [5, 5.41) is 0. The van der Waals surface area contributed by atoms with Crippen LogP contribution in [0.25, 0.3) is 0 Å². The summed E-state index contributed by atoms with van der Waals surface area (Å²) in [7, 11) is 0. The van der Waals surface area contributed by atoms with Gasteiger partial charge in [0.2, 0.25) is 0 Å². The van der Waals surface area contributed by atoms with Gasteiger partial charge in [-0.15, -0.1) is 0 Å². The van der Waals surface area contributed by atoms with Gasteiger partial charge in [-0.05, 0) is 45.7 Å². The van der Waals surface area contributed by atoms with E-state index in [0.29, 0.717) is 0 Å². The molecule has 1 saturated carbocycles. The minimum Gasteiger partial charge on any atom is -0.460 e. The molecule has 0 aromatic carbocycles. The fourth-order valence-corrected chi connectivity index (χ4v) is 2.49. The predicted octanol–water partition coefficient (Wildman–Crippen LogP) is 3.68. The van der Waals surface area contributed by atoms with E-state index in [9.17, 15) is 4.79 Å². The lowest BCUT2D eigenvalue weighted by Crippen LogP contribution is -2.37. The molecule has 1 aliphatic carbocycles. The Morgan fingerprint density at radius 1 is 1.44 bits per heavy atom. The molecule has 0 bridgehead atoms. The van der Waals surface area contributed by atoms with Gasteiger partial charge in [0.1, 0.15) is 5.60 Å². The molecule has 1 aromatic heterocycles. The fraction of sp³-hybridized carbons (Fsp3) is 0.571. The summed E-state index contributed by atoms with van der Waals surface area (Å²) in [4.78, 5) is 16.4. The van der Waals surface area contributed by atoms with Gasteiger partial charge in [0.15, 0.2) is 0 Å². The molecule has 98 valence electrons. The second-order valence-electron chi connectivity index (χ2n) is 5.72. The van der Waals surface area contributed by atoms with E-state index in [0.717, 1.165) is 23.0 Å². The predicted molar refractivity (Wildman–Crippen MR) is 73.2 cm³/mol. The highest BCUT2D eigenvalue weighted by Crippen LogP contribution is 2.43. The molecule has 0 amide bonds. The first-order valence-corrected chi connectivity index (χ1v) is 7.00. The van der Waals surface area contributed by atoms with E-state index < -0.39 is 5.60 Å². The van der Waals surface area contributed by atoms with Crippen molar-refractivity contribution in [3.63, 3.8) is 0 Å². The molecule has 1 heterocycles. The number of halogens is 1. The Balaban J connectivity index is 2.06. The van der Waals surface area contributed by atoms with Crippen molar-refractivity contribution in [1.29, 1.82) is 0 Å². The number of carbonyl (C=O) groups excluding carboxylic acids is 1. The van der Waals surface area contributed by atoms with Crippen LogP contribution in [0.5, 0.6) is 0 Å². The minimum atomic E-state index is -0.415. The summed E-state index contributed by atoms with van der Waals surface area (Å²) in [5.41, 5.74) is 0.563. The third kappa shape index (κ3) is 3.10. The first-order chi connectivity index (χ1) is 8.37. The average Bonchev–Trinajstić information content (AvgIpc) is 2.12. The number of esters is 1. The van der Waals surface area contributed by atoms with E-state index in [1.54, 1.807) is 6.20 Å². The van der Waals surface area contributed by atoms with Crippen molar-refractivity contribution in [3.05, 3.63) is 28.5 Å². The molecule has 0 aliphatic heterocycles. The molecule has 0 spiro atoms. The molecule has 2 atom stereocenters. The molecule has 1 aromatic rings. The van der Waals surface area contributed by atoms with Gasteiger partial charge in [0.05, 0.1) is 5.92 Å².